The Balaban J connectivity index is 0.00000201. The van der Waals surface area contributed by atoms with Crippen molar-refractivity contribution >= 4 is 18.0 Å². The van der Waals surface area contributed by atoms with Crippen LogP contribution in [0.2, 0.25) is 0 Å². The number of ether oxygens (including phenoxy) is 2. The zero-order valence-electron chi connectivity index (χ0n) is 24.3. The summed E-state index contributed by atoms with van der Waals surface area (Å²) in [6.45, 7) is 7.65. The molecule has 0 fully saturated rings. The lowest BCUT2D eigenvalue weighted by Gasteiger charge is -2.34. The van der Waals surface area contributed by atoms with E-state index < -0.39 is 47.4 Å². The Morgan fingerprint density at radius 1 is 0.951 bits per heavy atom. The molecule has 11 heteroatoms. The molecule has 2 unspecified atom stereocenters. The molecule has 0 bridgehead atoms. The number of carbonyl (C=O) groups is 3. The number of rotatable bonds is 9. The molecule has 0 saturated carbocycles. The average Bonchev–Trinajstić information content (AvgIpc) is 2.90. The van der Waals surface area contributed by atoms with Crippen molar-refractivity contribution in [2.45, 2.75) is 76.9 Å². The van der Waals surface area contributed by atoms with Gasteiger partial charge in [0.05, 0.1) is 38.1 Å². The Labute approximate surface area is 241 Å². The van der Waals surface area contributed by atoms with E-state index in [1.54, 1.807) is 46.8 Å². The number of methoxy groups -OCH3 is 1. The second kappa shape index (κ2) is 18.3. The number of aliphatic hydroxyl groups is 4. The van der Waals surface area contributed by atoms with Crippen molar-refractivity contribution in [3.8, 4) is 36.0 Å². The summed E-state index contributed by atoms with van der Waals surface area (Å²) in [4.78, 5) is 37.4. The molecule has 2 amide bonds. The Kier molecular flexibility index (Phi) is 16.5. The van der Waals surface area contributed by atoms with Gasteiger partial charge in [-0.25, -0.2) is 9.59 Å². The van der Waals surface area contributed by atoms with Crippen LogP contribution in [0.15, 0.2) is 24.3 Å². The molecule has 41 heavy (non-hydrogen) atoms. The van der Waals surface area contributed by atoms with Crippen LogP contribution in [0.1, 0.15) is 63.4 Å². The standard InChI is InChI=1S/C25H32N2O7.C5H8O2/c1-24(2,3)34-23(32)27-25(4,5)20(22(31)33-6)26-21(30)18-14-12-17(13-15-18)10-8-7-9-11-19(29)16-28;1-2-3-5(7)4-6/h12-15,19-20,28-29H,11,16H2,1-6H3,(H,26,30)(H,27,32);1,5-7H,3-4H2/t19?,20-;/m1./s1. The molecule has 0 radical (unpaired) electrons. The maximum atomic E-state index is 12.8. The van der Waals surface area contributed by atoms with E-state index in [2.05, 4.69) is 40.2 Å². The quantitative estimate of drug-likeness (QED) is 0.184. The molecule has 0 aromatic heterocycles. The molecule has 224 valence electrons. The van der Waals surface area contributed by atoms with Crippen molar-refractivity contribution in [3.05, 3.63) is 35.4 Å². The number of terminal acetylenes is 1. The molecule has 0 saturated heterocycles. The topological polar surface area (TPSA) is 175 Å². The van der Waals surface area contributed by atoms with Crippen LogP contribution < -0.4 is 10.6 Å². The van der Waals surface area contributed by atoms with Crippen LogP contribution >= 0.6 is 0 Å². The Hall–Kier alpha value is -4.05. The van der Waals surface area contributed by atoms with E-state index in [4.69, 9.17) is 31.2 Å². The number of hydrogen-bond donors (Lipinski definition) is 6. The summed E-state index contributed by atoms with van der Waals surface area (Å²) >= 11 is 0. The molecule has 0 heterocycles. The number of amides is 2. The summed E-state index contributed by atoms with van der Waals surface area (Å²) in [5, 5.41) is 39.7. The van der Waals surface area contributed by atoms with E-state index in [9.17, 15) is 19.5 Å². The highest BCUT2D eigenvalue weighted by Gasteiger charge is 2.39. The second-order valence-corrected chi connectivity index (χ2v) is 10.2. The minimum atomic E-state index is -1.22. The molecule has 1 aromatic rings. The first-order valence-electron chi connectivity index (χ1n) is 12.6. The normalized spacial score (nSPS) is 12.6. The lowest BCUT2D eigenvalue weighted by Crippen LogP contribution is -2.62. The van der Waals surface area contributed by atoms with Gasteiger partial charge in [0.1, 0.15) is 11.6 Å². The van der Waals surface area contributed by atoms with Gasteiger partial charge in [0.25, 0.3) is 5.91 Å². The lowest BCUT2D eigenvalue weighted by molar-refractivity contribution is -0.144. The summed E-state index contributed by atoms with van der Waals surface area (Å²) < 4.78 is 10.1. The van der Waals surface area contributed by atoms with Crippen molar-refractivity contribution in [2.24, 2.45) is 0 Å². The third kappa shape index (κ3) is 16.0. The Morgan fingerprint density at radius 3 is 1.98 bits per heavy atom. The maximum Gasteiger partial charge on any atom is 0.408 e. The molecule has 1 aromatic carbocycles. The minimum Gasteiger partial charge on any atom is -0.467 e. The van der Waals surface area contributed by atoms with E-state index in [1.807, 2.05) is 0 Å². The second-order valence-electron chi connectivity index (χ2n) is 10.2. The molecule has 0 aliphatic carbocycles. The largest absolute Gasteiger partial charge is 0.467 e. The summed E-state index contributed by atoms with van der Waals surface area (Å²) in [5.74, 6) is 11.5. The fourth-order valence-corrected chi connectivity index (χ4v) is 2.79. The molecular formula is C30H40N2O9. The van der Waals surface area contributed by atoms with Crippen LogP contribution in [0.3, 0.4) is 0 Å². The number of nitrogens with one attached hydrogen (secondary N) is 2. The van der Waals surface area contributed by atoms with E-state index in [-0.39, 0.29) is 31.6 Å². The van der Waals surface area contributed by atoms with Gasteiger partial charge in [0.15, 0.2) is 0 Å². The maximum absolute atomic E-state index is 12.8. The van der Waals surface area contributed by atoms with Gasteiger partial charge in [-0.1, -0.05) is 11.8 Å². The molecule has 1 rings (SSSR count). The van der Waals surface area contributed by atoms with E-state index >= 15 is 0 Å². The van der Waals surface area contributed by atoms with Crippen molar-refractivity contribution < 1.29 is 44.3 Å². The van der Waals surface area contributed by atoms with E-state index in [0.29, 0.717) is 5.56 Å². The van der Waals surface area contributed by atoms with Crippen LogP contribution in [0.25, 0.3) is 0 Å². The van der Waals surface area contributed by atoms with Crippen LogP contribution in [-0.4, -0.2) is 88.1 Å². The smallest absolute Gasteiger partial charge is 0.408 e. The molecule has 11 nitrogen and oxygen atoms in total. The molecule has 0 aliphatic heterocycles. The number of benzene rings is 1. The van der Waals surface area contributed by atoms with Crippen LogP contribution in [0.4, 0.5) is 4.79 Å². The number of hydrogen-bond acceptors (Lipinski definition) is 9. The monoisotopic (exact) mass is 572 g/mol. The number of aliphatic hydroxyl groups excluding tert-OH is 4. The van der Waals surface area contributed by atoms with Crippen molar-refractivity contribution in [1.29, 1.82) is 0 Å². The van der Waals surface area contributed by atoms with E-state index in [1.165, 1.54) is 19.2 Å². The predicted octanol–water partition coefficient (Wildman–Crippen LogP) is 0.722. The predicted molar refractivity (Wildman–Crippen MR) is 152 cm³/mol. The highest BCUT2D eigenvalue weighted by molar-refractivity contribution is 5.97. The highest BCUT2D eigenvalue weighted by atomic mass is 16.6. The van der Waals surface area contributed by atoms with Gasteiger partial charge in [-0.2, -0.15) is 0 Å². The van der Waals surface area contributed by atoms with Gasteiger partial charge in [0, 0.05) is 24.0 Å². The fraction of sp³-hybridized carbons (Fsp3) is 0.500. The molecule has 3 atom stereocenters. The first kappa shape index (κ1) is 37.0. The van der Waals surface area contributed by atoms with Crippen molar-refractivity contribution in [1.82, 2.24) is 10.6 Å². The van der Waals surface area contributed by atoms with Gasteiger partial charge in [-0.05, 0) is 70.7 Å². The van der Waals surface area contributed by atoms with Gasteiger partial charge in [-0.15, -0.1) is 12.3 Å². The minimum absolute atomic E-state index is 0.116. The highest BCUT2D eigenvalue weighted by Crippen LogP contribution is 2.15. The lowest BCUT2D eigenvalue weighted by atomic mass is 9.94. The summed E-state index contributed by atoms with van der Waals surface area (Å²) in [7, 11) is 1.19. The van der Waals surface area contributed by atoms with Gasteiger partial charge in [0.2, 0.25) is 0 Å². The summed E-state index contributed by atoms with van der Waals surface area (Å²) in [6.07, 6.45) is 2.76. The zero-order chi connectivity index (χ0) is 31.6. The van der Waals surface area contributed by atoms with Crippen LogP contribution in [-0.2, 0) is 14.3 Å². The van der Waals surface area contributed by atoms with Crippen molar-refractivity contribution in [3.63, 3.8) is 0 Å². The number of carbonyl (C=O) groups excluding carboxylic acids is 3. The van der Waals surface area contributed by atoms with Crippen LogP contribution in [0, 0.1) is 36.0 Å². The summed E-state index contributed by atoms with van der Waals surface area (Å²) in [5.41, 5.74) is -1.09. The molecule has 0 spiro atoms. The summed E-state index contributed by atoms with van der Waals surface area (Å²) in [6, 6.07) is 5.10. The van der Waals surface area contributed by atoms with Gasteiger partial charge >= 0.3 is 12.1 Å². The average molecular weight is 573 g/mol. The van der Waals surface area contributed by atoms with Gasteiger partial charge in [-0.3, -0.25) is 4.79 Å². The van der Waals surface area contributed by atoms with Crippen molar-refractivity contribution in [2.75, 3.05) is 20.3 Å². The third-order valence-electron chi connectivity index (χ3n) is 4.87. The number of alkyl carbamates (subject to hydrolysis) is 1. The van der Waals surface area contributed by atoms with Gasteiger partial charge < -0.3 is 40.5 Å². The van der Waals surface area contributed by atoms with Crippen LogP contribution in [0.5, 0.6) is 0 Å². The Morgan fingerprint density at radius 2 is 1.51 bits per heavy atom. The Bertz CT molecular complexity index is 1160. The van der Waals surface area contributed by atoms with E-state index in [0.717, 1.165) is 0 Å². The molecular weight excluding hydrogens is 532 g/mol. The third-order valence-corrected chi connectivity index (χ3v) is 4.87. The SMILES string of the molecule is C#CCC(O)CO.COC(=O)[C@@H](NC(=O)c1ccc(C#CC#CCC(O)CO)cc1)C(C)(C)NC(=O)OC(C)(C)C. The first-order valence-corrected chi connectivity index (χ1v) is 12.6. The zero-order valence-corrected chi connectivity index (χ0v) is 24.3. The first-order chi connectivity index (χ1) is 19.1. The number of esters is 1. The molecule has 6 N–H and O–H groups in total. The fourth-order valence-electron chi connectivity index (χ4n) is 2.79. The molecule has 0 aliphatic rings.